The molecule has 0 aromatic rings. The highest BCUT2D eigenvalue weighted by Gasteiger charge is 2.10. The first-order valence-electron chi connectivity index (χ1n) is 1.66. The second kappa shape index (κ2) is 4.08. The predicted molar refractivity (Wildman–Crippen MR) is 35.9 cm³/mol. The predicted octanol–water partition coefficient (Wildman–Crippen LogP) is 2.64. The van der Waals surface area contributed by atoms with Crippen molar-refractivity contribution in [2.24, 2.45) is 0 Å². The summed E-state index contributed by atoms with van der Waals surface area (Å²) in [5.74, 6) is 0.291. The quantitative estimate of drug-likeness (QED) is 0.575. The maximum Gasteiger partial charge on any atom is 0.125 e. The summed E-state index contributed by atoms with van der Waals surface area (Å²) in [6.45, 7) is 0. The van der Waals surface area contributed by atoms with E-state index < -0.39 is 4.84 Å². The summed E-state index contributed by atoms with van der Waals surface area (Å²) in [6, 6.07) is 0. The van der Waals surface area contributed by atoms with Crippen molar-refractivity contribution in [2.75, 3.05) is 5.88 Å². The van der Waals surface area contributed by atoms with E-state index in [0.29, 0.717) is 5.88 Å². The number of alkyl halides is 4. The van der Waals surface area contributed by atoms with Crippen LogP contribution in [0.1, 0.15) is 0 Å². The molecule has 0 heterocycles. The Morgan fingerprint density at radius 2 is 1.57 bits per heavy atom. The summed E-state index contributed by atoms with van der Waals surface area (Å²) in [5, 5.41) is -0.329. The molecule has 0 rings (SSSR count). The molecule has 0 aromatic carbocycles. The van der Waals surface area contributed by atoms with E-state index in [1.54, 1.807) is 0 Å². The van der Waals surface area contributed by atoms with Gasteiger partial charge in [0.2, 0.25) is 0 Å². The third-order valence-corrected chi connectivity index (χ3v) is 2.18. The van der Waals surface area contributed by atoms with Crippen LogP contribution in [0.5, 0.6) is 0 Å². The number of hydrogen-bond acceptors (Lipinski definition) is 0. The summed E-state index contributed by atoms with van der Waals surface area (Å²) in [6.07, 6.45) is 0. The van der Waals surface area contributed by atoms with Crippen molar-refractivity contribution in [3.63, 3.8) is 0 Å². The monoisotopic (exact) mass is 180 g/mol. The number of rotatable bonds is 2. The SMILES string of the molecule is ClC[C@@H](Cl)C(Cl)Cl. The van der Waals surface area contributed by atoms with E-state index in [-0.39, 0.29) is 5.38 Å². The molecular weight excluding hydrogens is 178 g/mol. The number of hydrogen-bond donors (Lipinski definition) is 0. The van der Waals surface area contributed by atoms with Gasteiger partial charge in [0.1, 0.15) is 4.84 Å². The second-order valence-corrected chi connectivity index (χ2v) is 3.04. The third-order valence-electron chi connectivity index (χ3n) is 0.421. The van der Waals surface area contributed by atoms with Gasteiger partial charge in [-0.15, -0.1) is 46.4 Å². The molecule has 0 saturated carbocycles. The molecule has 0 fully saturated rings. The van der Waals surface area contributed by atoms with E-state index >= 15 is 0 Å². The van der Waals surface area contributed by atoms with E-state index in [4.69, 9.17) is 46.4 Å². The Balaban J connectivity index is 3.14. The first-order valence-corrected chi connectivity index (χ1v) is 3.51. The molecule has 0 radical (unpaired) electrons. The van der Waals surface area contributed by atoms with Crippen LogP contribution >= 0.6 is 46.4 Å². The Kier molecular flexibility index (Phi) is 4.76. The molecule has 0 spiro atoms. The van der Waals surface area contributed by atoms with Crippen LogP contribution in [0.4, 0.5) is 0 Å². The fourth-order valence-corrected chi connectivity index (χ4v) is 0.606. The van der Waals surface area contributed by atoms with Crippen LogP contribution in [-0.4, -0.2) is 16.1 Å². The van der Waals surface area contributed by atoms with E-state index in [1.165, 1.54) is 0 Å². The van der Waals surface area contributed by atoms with Crippen LogP contribution in [0.2, 0.25) is 0 Å². The molecule has 0 nitrogen and oxygen atoms in total. The van der Waals surface area contributed by atoms with E-state index in [0.717, 1.165) is 0 Å². The fourth-order valence-electron chi connectivity index (χ4n) is 0.0673. The maximum atomic E-state index is 5.40. The van der Waals surface area contributed by atoms with Gasteiger partial charge in [-0.25, -0.2) is 0 Å². The van der Waals surface area contributed by atoms with Crippen LogP contribution in [0, 0.1) is 0 Å². The maximum absolute atomic E-state index is 5.40. The molecule has 0 aromatic heterocycles. The van der Waals surface area contributed by atoms with Gasteiger partial charge in [-0.05, 0) is 0 Å². The fraction of sp³-hybridized carbons (Fsp3) is 1.00. The Bertz CT molecular complexity index is 44.2. The molecule has 0 unspecified atom stereocenters. The van der Waals surface area contributed by atoms with Gasteiger partial charge in [0.25, 0.3) is 0 Å². The highest BCUT2D eigenvalue weighted by atomic mass is 35.5. The molecule has 0 amide bonds. The Labute approximate surface area is 62.7 Å². The zero-order chi connectivity index (χ0) is 5.86. The van der Waals surface area contributed by atoms with Gasteiger partial charge < -0.3 is 0 Å². The van der Waals surface area contributed by atoms with Crippen molar-refractivity contribution in [2.45, 2.75) is 10.2 Å². The van der Waals surface area contributed by atoms with E-state index in [9.17, 15) is 0 Å². The first kappa shape index (κ1) is 8.16. The van der Waals surface area contributed by atoms with Crippen LogP contribution in [0.3, 0.4) is 0 Å². The van der Waals surface area contributed by atoms with Crippen molar-refractivity contribution < 1.29 is 0 Å². The van der Waals surface area contributed by atoms with Crippen LogP contribution < -0.4 is 0 Å². The zero-order valence-corrected chi connectivity index (χ0v) is 6.40. The van der Waals surface area contributed by atoms with Crippen LogP contribution in [-0.2, 0) is 0 Å². The molecule has 1 atom stereocenters. The van der Waals surface area contributed by atoms with Crippen LogP contribution in [0.15, 0.2) is 0 Å². The minimum atomic E-state index is -0.556. The zero-order valence-electron chi connectivity index (χ0n) is 3.37. The largest absolute Gasteiger partial charge is 0.125 e. The van der Waals surface area contributed by atoms with Gasteiger partial charge in [0, 0.05) is 5.88 Å². The van der Waals surface area contributed by atoms with Crippen LogP contribution in [0.25, 0.3) is 0 Å². The summed E-state index contributed by atoms with van der Waals surface area (Å²) >= 11 is 21.2. The lowest BCUT2D eigenvalue weighted by Crippen LogP contribution is -2.08. The van der Waals surface area contributed by atoms with Gasteiger partial charge in [0.15, 0.2) is 0 Å². The van der Waals surface area contributed by atoms with Crippen molar-refractivity contribution in [1.29, 1.82) is 0 Å². The van der Waals surface area contributed by atoms with Gasteiger partial charge >= 0.3 is 0 Å². The molecule has 0 aliphatic rings. The minimum absolute atomic E-state index is 0.291. The standard InChI is InChI=1S/C3H4Cl4/c4-1-2(5)3(6)7/h2-3H,1H2/t2-/m1/s1. The Hall–Kier alpha value is 1.16. The normalized spacial score (nSPS) is 15.0. The first-order chi connectivity index (χ1) is 3.18. The summed E-state index contributed by atoms with van der Waals surface area (Å²) in [5.41, 5.74) is 0. The minimum Gasteiger partial charge on any atom is -0.125 e. The molecule has 4 heteroatoms. The summed E-state index contributed by atoms with van der Waals surface area (Å²) in [7, 11) is 0. The lowest BCUT2D eigenvalue weighted by Gasteiger charge is -2.02. The number of halogens is 4. The third kappa shape index (κ3) is 3.72. The van der Waals surface area contributed by atoms with Gasteiger partial charge in [-0.3, -0.25) is 0 Å². The van der Waals surface area contributed by atoms with Crippen molar-refractivity contribution >= 4 is 46.4 Å². The Morgan fingerprint density at radius 3 is 1.57 bits per heavy atom. The van der Waals surface area contributed by atoms with E-state index in [1.807, 2.05) is 0 Å². The lowest BCUT2D eigenvalue weighted by molar-refractivity contribution is 1.06. The molecular formula is C3H4Cl4. The summed E-state index contributed by atoms with van der Waals surface area (Å²) < 4.78 is 0. The molecule has 0 bridgehead atoms. The summed E-state index contributed by atoms with van der Waals surface area (Å²) in [4.78, 5) is -0.556. The molecule has 0 aliphatic carbocycles. The second-order valence-electron chi connectivity index (χ2n) is 1.00. The Morgan fingerprint density at radius 1 is 1.14 bits per heavy atom. The topological polar surface area (TPSA) is 0 Å². The van der Waals surface area contributed by atoms with Crippen molar-refractivity contribution in [3.8, 4) is 0 Å². The average molecular weight is 182 g/mol. The molecule has 0 aliphatic heterocycles. The van der Waals surface area contributed by atoms with Crippen molar-refractivity contribution in [3.05, 3.63) is 0 Å². The smallest absolute Gasteiger partial charge is 0.125 e. The van der Waals surface area contributed by atoms with Crippen molar-refractivity contribution in [1.82, 2.24) is 0 Å². The highest BCUT2D eigenvalue weighted by Crippen LogP contribution is 2.14. The molecule has 44 valence electrons. The van der Waals surface area contributed by atoms with Gasteiger partial charge in [-0.1, -0.05) is 0 Å². The average Bonchev–Trinajstić information content (AvgIpc) is 1.65. The van der Waals surface area contributed by atoms with Gasteiger partial charge in [-0.2, -0.15) is 0 Å². The highest BCUT2D eigenvalue weighted by molar-refractivity contribution is 6.49. The molecule has 0 N–H and O–H groups in total. The molecule has 7 heavy (non-hydrogen) atoms. The van der Waals surface area contributed by atoms with E-state index in [2.05, 4.69) is 0 Å². The lowest BCUT2D eigenvalue weighted by atomic mass is 10.5. The van der Waals surface area contributed by atoms with Gasteiger partial charge in [0.05, 0.1) is 5.38 Å². The molecule has 0 saturated heterocycles.